The quantitative estimate of drug-likeness (QED) is 0.418. The van der Waals surface area contributed by atoms with Gasteiger partial charge in [0.1, 0.15) is 17.4 Å². The van der Waals surface area contributed by atoms with Gasteiger partial charge in [-0.15, -0.1) is 0 Å². The molecule has 182 valence electrons. The Bertz CT molecular complexity index is 1340. The number of nitrogens with one attached hydrogen (secondary N) is 1. The fourth-order valence-electron chi connectivity index (χ4n) is 4.38. The number of furan rings is 1. The van der Waals surface area contributed by atoms with Crippen LogP contribution in [-0.4, -0.2) is 53.0 Å². The van der Waals surface area contributed by atoms with Gasteiger partial charge in [0.15, 0.2) is 5.76 Å². The zero-order valence-corrected chi connectivity index (χ0v) is 20.3. The Kier molecular flexibility index (Phi) is 6.51. The van der Waals surface area contributed by atoms with Crippen LogP contribution in [-0.2, 0) is 11.8 Å². The molecule has 8 nitrogen and oxygen atoms in total. The fourth-order valence-corrected chi connectivity index (χ4v) is 4.57. The maximum Gasteiger partial charge on any atom is 0.287 e. The summed E-state index contributed by atoms with van der Waals surface area (Å²) in [5, 5.41) is 14.6. The Labute approximate surface area is 208 Å². The van der Waals surface area contributed by atoms with E-state index in [9.17, 15) is 9.90 Å². The number of anilines is 1. The molecule has 1 amide bonds. The first kappa shape index (κ1) is 23.4. The number of aromatic nitrogens is 2. The third-order valence-corrected chi connectivity index (χ3v) is 6.55. The number of halogens is 1. The molecule has 4 aromatic rings. The molecular weight excluding hydrogens is 468 g/mol. The van der Waals surface area contributed by atoms with Gasteiger partial charge < -0.3 is 29.0 Å². The summed E-state index contributed by atoms with van der Waals surface area (Å²) in [6.07, 6.45) is 0.875. The summed E-state index contributed by atoms with van der Waals surface area (Å²) < 4.78 is 13.0. The van der Waals surface area contributed by atoms with Crippen molar-refractivity contribution in [1.29, 1.82) is 0 Å². The van der Waals surface area contributed by atoms with Gasteiger partial charge in [-0.2, -0.15) is 0 Å². The van der Waals surface area contributed by atoms with E-state index in [2.05, 4.69) is 39.5 Å². The van der Waals surface area contributed by atoms with E-state index in [0.29, 0.717) is 16.4 Å². The van der Waals surface area contributed by atoms with Crippen LogP contribution in [0.3, 0.4) is 0 Å². The topological polar surface area (TPSA) is 92.8 Å². The van der Waals surface area contributed by atoms with E-state index < -0.39 is 18.1 Å². The standard InChI is InChI=1S/C26H27ClN4O4/c1-16(32)24(29-26(33)23-14-18-13-19(27)5-8-22(18)35-23)25-28-15-21(30(25)2)17-3-6-20(7-4-17)31-9-11-34-12-10-31/h3-8,13-16,24,32H,9-12H2,1-2H3,(H,29,33)/t16-,24+/m1/s1. The van der Waals surface area contributed by atoms with Crippen molar-refractivity contribution in [3.63, 3.8) is 0 Å². The highest BCUT2D eigenvalue weighted by Crippen LogP contribution is 2.28. The van der Waals surface area contributed by atoms with Crippen molar-refractivity contribution >= 4 is 34.2 Å². The molecule has 1 aliphatic heterocycles. The molecule has 1 aliphatic rings. The number of ether oxygens (including phenoxy) is 1. The molecule has 0 unspecified atom stereocenters. The van der Waals surface area contributed by atoms with E-state index in [0.717, 1.165) is 48.6 Å². The summed E-state index contributed by atoms with van der Waals surface area (Å²) in [6, 6.07) is 14.4. The number of carbonyl (C=O) groups excluding carboxylic acids is 1. The summed E-state index contributed by atoms with van der Waals surface area (Å²) in [7, 11) is 1.87. The molecule has 0 bridgehead atoms. The third kappa shape index (κ3) is 4.77. The van der Waals surface area contributed by atoms with Crippen molar-refractivity contribution in [2.45, 2.75) is 19.1 Å². The van der Waals surface area contributed by atoms with Crippen LogP contribution < -0.4 is 10.2 Å². The SMILES string of the molecule is C[C@@H](O)[C@H](NC(=O)c1cc2cc(Cl)ccc2o1)c1ncc(-c2ccc(N3CCOCC3)cc2)n1C. The summed E-state index contributed by atoms with van der Waals surface area (Å²) in [6.45, 7) is 4.85. The van der Waals surface area contributed by atoms with E-state index in [4.69, 9.17) is 20.8 Å². The van der Waals surface area contributed by atoms with Gasteiger partial charge in [0.05, 0.1) is 31.2 Å². The number of aliphatic hydroxyl groups excluding tert-OH is 1. The second kappa shape index (κ2) is 9.73. The lowest BCUT2D eigenvalue weighted by atomic mass is 10.1. The molecule has 2 aromatic carbocycles. The minimum atomic E-state index is -0.879. The molecule has 0 saturated carbocycles. The maximum absolute atomic E-state index is 13.0. The Morgan fingerprint density at radius 1 is 1.14 bits per heavy atom. The molecule has 2 atom stereocenters. The van der Waals surface area contributed by atoms with Gasteiger partial charge in [-0.05, 0) is 48.9 Å². The number of aliphatic hydroxyl groups is 1. The number of rotatable bonds is 6. The maximum atomic E-state index is 13.0. The van der Waals surface area contributed by atoms with Crippen LogP contribution in [0.5, 0.6) is 0 Å². The second-order valence-corrected chi connectivity index (χ2v) is 9.13. The minimum absolute atomic E-state index is 0.140. The number of carbonyl (C=O) groups is 1. The summed E-state index contributed by atoms with van der Waals surface area (Å²) in [5.41, 5.74) is 3.59. The molecule has 0 radical (unpaired) electrons. The van der Waals surface area contributed by atoms with Crippen LogP contribution in [0.4, 0.5) is 5.69 Å². The van der Waals surface area contributed by atoms with Gasteiger partial charge in [-0.1, -0.05) is 23.7 Å². The number of amides is 1. The summed E-state index contributed by atoms with van der Waals surface area (Å²) >= 11 is 6.04. The predicted octanol–water partition coefficient (Wildman–Crippen LogP) is 4.18. The molecule has 2 aromatic heterocycles. The molecule has 9 heteroatoms. The fraction of sp³-hybridized carbons (Fsp3) is 0.308. The Morgan fingerprint density at radius 3 is 2.60 bits per heavy atom. The minimum Gasteiger partial charge on any atom is -0.451 e. The Hall–Kier alpha value is -3.33. The summed E-state index contributed by atoms with van der Waals surface area (Å²) in [5.74, 6) is 0.239. The van der Waals surface area contributed by atoms with Crippen LogP contribution in [0.25, 0.3) is 22.2 Å². The van der Waals surface area contributed by atoms with E-state index in [1.807, 2.05) is 11.6 Å². The van der Waals surface area contributed by atoms with Crippen LogP contribution in [0.15, 0.2) is 59.1 Å². The molecule has 0 aliphatic carbocycles. The van der Waals surface area contributed by atoms with Crippen LogP contribution in [0.1, 0.15) is 29.3 Å². The van der Waals surface area contributed by atoms with Crippen LogP contribution in [0, 0.1) is 0 Å². The predicted molar refractivity (Wildman–Crippen MR) is 135 cm³/mol. The largest absolute Gasteiger partial charge is 0.451 e. The van der Waals surface area contributed by atoms with Crippen molar-refractivity contribution in [2.75, 3.05) is 31.2 Å². The Morgan fingerprint density at radius 2 is 1.89 bits per heavy atom. The lowest BCUT2D eigenvalue weighted by molar-refractivity contribution is 0.0823. The summed E-state index contributed by atoms with van der Waals surface area (Å²) in [4.78, 5) is 19.8. The highest BCUT2D eigenvalue weighted by atomic mass is 35.5. The zero-order chi connectivity index (χ0) is 24.5. The van der Waals surface area contributed by atoms with Crippen LogP contribution >= 0.6 is 11.6 Å². The number of fused-ring (bicyclic) bond motifs is 1. The molecule has 3 heterocycles. The molecule has 1 saturated heterocycles. The smallest absolute Gasteiger partial charge is 0.287 e. The number of benzene rings is 2. The van der Waals surface area contributed by atoms with Crippen molar-refractivity contribution < 1.29 is 19.1 Å². The zero-order valence-electron chi connectivity index (χ0n) is 19.6. The van der Waals surface area contributed by atoms with Crippen molar-refractivity contribution in [2.24, 2.45) is 7.05 Å². The lowest BCUT2D eigenvalue weighted by Crippen LogP contribution is -2.36. The number of imidazole rings is 1. The second-order valence-electron chi connectivity index (χ2n) is 8.69. The monoisotopic (exact) mass is 494 g/mol. The highest BCUT2D eigenvalue weighted by molar-refractivity contribution is 6.31. The normalized spacial score (nSPS) is 15.8. The van der Waals surface area contributed by atoms with E-state index >= 15 is 0 Å². The van der Waals surface area contributed by atoms with Crippen molar-refractivity contribution in [1.82, 2.24) is 14.9 Å². The third-order valence-electron chi connectivity index (χ3n) is 6.31. The number of nitrogens with zero attached hydrogens (tertiary/aromatic N) is 3. The van der Waals surface area contributed by atoms with Gasteiger partial charge >= 0.3 is 0 Å². The molecule has 35 heavy (non-hydrogen) atoms. The lowest BCUT2D eigenvalue weighted by Gasteiger charge is -2.29. The van der Waals surface area contributed by atoms with E-state index in [1.54, 1.807) is 37.4 Å². The first-order chi connectivity index (χ1) is 16.9. The van der Waals surface area contributed by atoms with Gasteiger partial charge in [-0.3, -0.25) is 4.79 Å². The van der Waals surface area contributed by atoms with Gasteiger partial charge in [0.2, 0.25) is 0 Å². The van der Waals surface area contributed by atoms with E-state index in [-0.39, 0.29) is 5.76 Å². The molecule has 2 N–H and O–H groups in total. The first-order valence-electron chi connectivity index (χ1n) is 11.5. The van der Waals surface area contributed by atoms with Gasteiger partial charge in [-0.25, -0.2) is 4.98 Å². The molecule has 1 fully saturated rings. The number of morpholine rings is 1. The van der Waals surface area contributed by atoms with Gasteiger partial charge in [0.25, 0.3) is 5.91 Å². The first-order valence-corrected chi connectivity index (χ1v) is 11.9. The van der Waals surface area contributed by atoms with Crippen molar-refractivity contribution in [3.05, 3.63) is 71.3 Å². The van der Waals surface area contributed by atoms with Crippen LogP contribution in [0.2, 0.25) is 5.02 Å². The Balaban J connectivity index is 1.36. The van der Waals surface area contributed by atoms with E-state index in [1.165, 1.54) is 0 Å². The molecular formula is C26H27ClN4O4. The average Bonchev–Trinajstić information content (AvgIpc) is 3.46. The molecule has 0 spiro atoms. The average molecular weight is 495 g/mol. The van der Waals surface area contributed by atoms with Gasteiger partial charge in [0, 0.05) is 36.2 Å². The number of hydrogen-bond donors (Lipinski definition) is 2. The molecule has 5 rings (SSSR count). The van der Waals surface area contributed by atoms with Crippen molar-refractivity contribution in [3.8, 4) is 11.3 Å². The highest BCUT2D eigenvalue weighted by Gasteiger charge is 2.27. The number of hydrogen-bond acceptors (Lipinski definition) is 6.